The molecule has 15 heavy (non-hydrogen) atoms. The molecule has 2 rings (SSSR count). The molecule has 0 heterocycles. The Balaban J connectivity index is 2.07. The molecule has 0 spiro atoms. The van der Waals surface area contributed by atoms with Gasteiger partial charge >= 0.3 is 0 Å². The number of alkyl halides is 1. The SMILES string of the molecule is CC(C)c1ccccc1OC1CC(Br)C1. The van der Waals surface area contributed by atoms with Crippen LogP contribution in [0.1, 0.15) is 38.2 Å². The second-order valence-corrected chi connectivity index (χ2v) is 5.80. The summed E-state index contributed by atoms with van der Waals surface area (Å²) in [5.74, 6) is 1.60. The Labute approximate surface area is 100.0 Å². The molecule has 0 aliphatic heterocycles. The summed E-state index contributed by atoms with van der Waals surface area (Å²) >= 11 is 3.58. The quantitative estimate of drug-likeness (QED) is 0.750. The van der Waals surface area contributed by atoms with Crippen molar-refractivity contribution in [1.82, 2.24) is 0 Å². The number of ether oxygens (including phenoxy) is 1. The van der Waals surface area contributed by atoms with Crippen molar-refractivity contribution in [3.8, 4) is 5.75 Å². The van der Waals surface area contributed by atoms with E-state index in [0.29, 0.717) is 16.8 Å². The van der Waals surface area contributed by atoms with Gasteiger partial charge < -0.3 is 4.74 Å². The molecule has 0 unspecified atom stereocenters. The van der Waals surface area contributed by atoms with Crippen LogP contribution in [0, 0.1) is 0 Å². The highest BCUT2D eigenvalue weighted by atomic mass is 79.9. The minimum absolute atomic E-state index is 0.411. The van der Waals surface area contributed by atoms with Crippen molar-refractivity contribution in [2.45, 2.75) is 43.5 Å². The standard InChI is InChI=1S/C13H17BrO/c1-9(2)12-5-3-4-6-13(12)15-11-7-10(14)8-11/h3-6,9-11H,7-8H2,1-2H3. The average Bonchev–Trinajstić information content (AvgIpc) is 2.16. The van der Waals surface area contributed by atoms with E-state index in [-0.39, 0.29) is 0 Å². The third kappa shape index (κ3) is 2.54. The van der Waals surface area contributed by atoms with Crippen LogP contribution < -0.4 is 4.74 Å². The van der Waals surface area contributed by atoms with Crippen molar-refractivity contribution >= 4 is 15.9 Å². The highest BCUT2D eigenvalue weighted by Gasteiger charge is 2.29. The van der Waals surface area contributed by atoms with E-state index in [4.69, 9.17) is 4.74 Å². The maximum absolute atomic E-state index is 5.98. The van der Waals surface area contributed by atoms with Crippen molar-refractivity contribution in [3.63, 3.8) is 0 Å². The van der Waals surface area contributed by atoms with Crippen molar-refractivity contribution in [1.29, 1.82) is 0 Å². The van der Waals surface area contributed by atoms with Gasteiger partial charge in [-0.3, -0.25) is 0 Å². The molecule has 1 fully saturated rings. The van der Waals surface area contributed by atoms with E-state index in [0.717, 1.165) is 18.6 Å². The topological polar surface area (TPSA) is 9.23 Å². The van der Waals surface area contributed by atoms with Crippen molar-refractivity contribution < 1.29 is 4.74 Å². The Morgan fingerprint density at radius 1 is 1.27 bits per heavy atom. The smallest absolute Gasteiger partial charge is 0.123 e. The van der Waals surface area contributed by atoms with Gasteiger partial charge in [0.15, 0.2) is 0 Å². The fraction of sp³-hybridized carbons (Fsp3) is 0.538. The van der Waals surface area contributed by atoms with Gasteiger partial charge in [0.1, 0.15) is 11.9 Å². The number of benzene rings is 1. The third-order valence-electron chi connectivity index (χ3n) is 2.87. The minimum Gasteiger partial charge on any atom is -0.490 e. The van der Waals surface area contributed by atoms with Gasteiger partial charge in [0.05, 0.1) is 0 Å². The van der Waals surface area contributed by atoms with Gasteiger partial charge in [-0.15, -0.1) is 0 Å². The van der Waals surface area contributed by atoms with Crippen LogP contribution in [-0.2, 0) is 0 Å². The number of hydrogen-bond donors (Lipinski definition) is 0. The summed E-state index contributed by atoms with van der Waals surface area (Å²) in [6.45, 7) is 4.41. The van der Waals surface area contributed by atoms with Crippen molar-refractivity contribution in [2.75, 3.05) is 0 Å². The number of para-hydroxylation sites is 1. The second-order valence-electron chi connectivity index (χ2n) is 4.50. The molecule has 0 saturated heterocycles. The van der Waals surface area contributed by atoms with E-state index in [9.17, 15) is 0 Å². The molecule has 1 aromatic carbocycles. The summed E-state index contributed by atoms with van der Waals surface area (Å²) in [7, 11) is 0. The summed E-state index contributed by atoms with van der Waals surface area (Å²) in [6.07, 6.45) is 2.67. The molecule has 1 saturated carbocycles. The number of halogens is 1. The van der Waals surface area contributed by atoms with Crippen LogP contribution in [0.3, 0.4) is 0 Å². The molecular weight excluding hydrogens is 252 g/mol. The van der Waals surface area contributed by atoms with Crippen LogP contribution >= 0.6 is 15.9 Å². The molecule has 1 aliphatic rings. The highest BCUT2D eigenvalue weighted by molar-refractivity contribution is 9.09. The lowest BCUT2D eigenvalue weighted by atomic mass is 9.95. The van der Waals surface area contributed by atoms with Gasteiger partial charge in [-0.25, -0.2) is 0 Å². The van der Waals surface area contributed by atoms with Gasteiger partial charge in [0.2, 0.25) is 0 Å². The molecule has 0 bridgehead atoms. The number of rotatable bonds is 3. The van der Waals surface area contributed by atoms with Crippen LogP contribution in [0.15, 0.2) is 24.3 Å². The Morgan fingerprint density at radius 2 is 1.93 bits per heavy atom. The molecule has 1 aliphatic carbocycles. The summed E-state index contributed by atoms with van der Waals surface area (Å²) in [4.78, 5) is 0.661. The van der Waals surface area contributed by atoms with E-state index in [1.807, 2.05) is 6.07 Å². The first kappa shape index (κ1) is 11.0. The highest BCUT2D eigenvalue weighted by Crippen LogP contribution is 2.34. The lowest BCUT2D eigenvalue weighted by Crippen LogP contribution is -2.34. The monoisotopic (exact) mass is 268 g/mol. The maximum atomic E-state index is 5.98. The number of hydrogen-bond acceptors (Lipinski definition) is 1. The predicted molar refractivity (Wildman–Crippen MR) is 66.9 cm³/mol. The van der Waals surface area contributed by atoms with E-state index >= 15 is 0 Å². The Morgan fingerprint density at radius 3 is 2.53 bits per heavy atom. The molecular formula is C13H17BrO. The van der Waals surface area contributed by atoms with Gasteiger partial charge in [-0.2, -0.15) is 0 Å². The van der Waals surface area contributed by atoms with Gasteiger partial charge in [-0.05, 0) is 30.4 Å². The maximum Gasteiger partial charge on any atom is 0.123 e. The fourth-order valence-electron chi connectivity index (χ4n) is 1.84. The summed E-state index contributed by atoms with van der Waals surface area (Å²) in [5, 5.41) is 0. The minimum atomic E-state index is 0.411. The van der Waals surface area contributed by atoms with Gasteiger partial charge in [-0.1, -0.05) is 48.0 Å². The van der Waals surface area contributed by atoms with E-state index in [2.05, 4.69) is 48.0 Å². The van der Waals surface area contributed by atoms with Crippen LogP contribution in [0.25, 0.3) is 0 Å². The third-order valence-corrected chi connectivity index (χ3v) is 3.62. The molecule has 1 aromatic rings. The molecule has 0 N–H and O–H groups in total. The zero-order valence-electron chi connectivity index (χ0n) is 9.24. The van der Waals surface area contributed by atoms with Crippen LogP contribution in [0.2, 0.25) is 0 Å². The normalized spacial score (nSPS) is 25.1. The lowest BCUT2D eigenvalue weighted by Gasteiger charge is -2.32. The van der Waals surface area contributed by atoms with E-state index < -0.39 is 0 Å². The van der Waals surface area contributed by atoms with Crippen LogP contribution in [-0.4, -0.2) is 10.9 Å². The second kappa shape index (κ2) is 4.56. The molecule has 0 atom stereocenters. The first-order chi connectivity index (χ1) is 7.16. The van der Waals surface area contributed by atoms with Crippen molar-refractivity contribution in [3.05, 3.63) is 29.8 Å². The Bertz CT molecular complexity index is 329. The van der Waals surface area contributed by atoms with Crippen LogP contribution in [0.5, 0.6) is 5.75 Å². The van der Waals surface area contributed by atoms with Gasteiger partial charge in [0.25, 0.3) is 0 Å². The molecule has 0 aromatic heterocycles. The summed E-state index contributed by atoms with van der Waals surface area (Å²) < 4.78 is 5.98. The average molecular weight is 269 g/mol. The molecule has 82 valence electrons. The summed E-state index contributed by atoms with van der Waals surface area (Å²) in [5.41, 5.74) is 1.32. The Hall–Kier alpha value is -0.500. The first-order valence-corrected chi connectivity index (χ1v) is 6.48. The molecule has 0 amide bonds. The zero-order chi connectivity index (χ0) is 10.8. The predicted octanol–water partition coefficient (Wildman–Crippen LogP) is 4.11. The van der Waals surface area contributed by atoms with Gasteiger partial charge in [0, 0.05) is 4.83 Å². The van der Waals surface area contributed by atoms with Crippen LogP contribution in [0.4, 0.5) is 0 Å². The Kier molecular flexibility index (Phi) is 3.35. The molecule has 0 radical (unpaired) electrons. The largest absolute Gasteiger partial charge is 0.490 e. The molecule has 2 heteroatoms. The van der Waals surface area contributed by atoms with E-state index in [1.165, 1.54) is 5.56 Å². The summed E-state index contributed by atoms with van der Waals surface area (Å²) in [6, 6.07) is 8.36. The zero-order valence-corrected chi connectivity index (χ0v) is 10.8. The van der Waals surface area contributed by atoms with Crippen molar-refractivity contribution in [2.24, 2.45) is 0 Å². The molecule has 1 nitrogen and oxygen atoms in total. The first-order valence-electron chi connectivity index (χ1n) is 5.56. The van der Waals surface area contributed by atoms with E-state index in [1.54, 1.807) is 0 Å². The fourth-order valence-corrected chi connectivity index (χ4v) is 2.68. The lowest BCUT2D eigenvalue weighted by molar-refractivity contribution is 0.126.